The third kappa shape index (κ3) is 6.76. The maximum atomic E-state index is 13.1. The Morgan fingerprint density at radius 1 is 0.714 bits per heavy atom. The number of carbonyl (C=O) groups is 2. The number of hydrogen-bond acceptors (Lipinski definition) is 4. The number of rotatable bonds is 7. The van der Waals surface area contributed by atoms with Gasteiger partial charge in [0.25, 0.3) is 10.0 Å². The van der Waals surface area contributed by atoms with Gasteiger partial charge in [0, 0.05) is 22.5 Å². The van der Waals surface area contributed by atoms with E-state index in [0.29, 0.717) is 22.1 Å². The highest BCUT2D eigenvalue weighted by atomic mass is 35.5. The molecule has 2 aromatic rings. The molecule has 7 nitrogen and oxygen atoms in total. The first-order valence-electron chi connectivity index (χ1n) is 12.4. The molecule has 35 heavy (non-hydrogen) atoms. The molecule has 9 heteroatoms. The van der Waals surface area contributed by atoms with Gasteiger partial charge in [-0.25, -0.2) is 8.42 Å². The van der Waals surface area contributed by atoms with Crippen LogP contribution in [0.4, 0.5) is 17.1 Å². The number of benzene rings is 2. The first-order chi connectivity index (χ1) is 16.8. The predicted octanol–water partition coefficient (Wildman–Crippen LogP) is 6.18. The summed E-state index contributed by atoms with van der Waals surface area (Å²) in [7, 11) is -3.93. The highest BCUT2D eigenvalue weighted by Gasteiger charge is 2.26. The van der Waals surface area contributed by atoms with Crippen molar-refractivity contribution in [2.75, 3.05) is 15.4 Å². The highest BCUT2D eigenvalue weighted by Crippen LogP contribution is 2.32. The Bertz CT molecular complexity index is 1160. The zero-order valence-corrected chi connectivity index (χ0v) is 21.3. The van der Waals surface area contributed by atoms with Crippen LogP contribution in [-0.4, -0.2) is 20.2 Å². The lowest BCUT2D eigenvalue weighted by Gasteiger charge is -2.24. The van der Waals surface area contributed by atoms with E-state index in [-0.39, 0.29) is 28.5 Å². The molecule has 2 aromatic carbocycles. The molecule has 0 aliphatic heterocycles. The molecule has 188 valence electrons. The van der Waals surface area contributed by atoms with Gasteiger partial charge in [-0.15, -0.1) is 0 Å². The molecule has 3 N–H and O–H groups in total. The van der Waals surface area contributed by atoms with Crippen molar-refractivity contribution >= 4 is 50.5 Å². The van der Waals surface area contributed by atoms with Gasteiger partial charge in [0.05, 0.1) is 16.3 Å². The van der Waals surface area contributed by atoms with Crippen molar-refractivity contribution in [3.05, 3.63) is 47.5 Å². The van der Waals surface area contributed by atoms with E-state index in [1.165, 1.54) is 12.1 Å². The average molecular weight is 518 g/mol. The van der Waals surface area contributed by atoms with E-state index in [1.54, 1.807) is 30.3 Å². The van der Waals surface area contributed by atoms with E-state index in [9.17, 15) is 18.0 Å². The number of halogens is 1. The van der Waals surface area contributed by atoms with Crippen molar-refractivity contribution in [1.29, 1.82) is 0 Å². The molecule has 2 fully saturated rings. The summed E-state index contributed by atoms with van der Waals surface area (Å²) in [5, 5.41) is 6.35. The van der Waals surface area contributed by atoms with Crippen molar-refractivity contribution in [1.82, 2.24) is 0 Å². The lowest BCUT2D eigenvalue weighted by molar-refractivity contribution is -0.121. The van der Waals surface area contributed by atoms with E-state index in [2.05, 4.69) is 15.4 Å². The maximum Gasteiger partial charge on any atom is 0.261 e. The number of amides is 2. The molecule has 2 aliphatic rings. The highest BCUT2D eigenvalue weighted by molar-refractivity contribution is 7.92. The summed E-state index contributed by atoms with van der Waals surface area (Å²) in [6.07, 6.45) is 9.62. The van der Waals surface area contributed by atoms with Gasteiger partial charge < -0.3 is 10.6 Å². The minimum absolute atomic E-state index is 0.0120. The molecule has 0 atom stereocenters. The molecule has 2 saturated carbocycles. The second-order valence-corrected chi connectivity index (χ2v) is 11.6. The summed E-state index contributed by atoms with van der Waals surface area (Å²) < 4.78 is 28.7. The lowest BCUT2D eigenvalue weighted by Crippen LogP contribution is -2.27. The van der Waals surface area contributed by atoms with Gasteiger partial charge in [0.1, 0.15) is 0 Å². The number of carbonyl (C=O) groups excluding carboxylic acids is 2. The summed E-state index contributed by atoms with van der Waals surface area (Å²) in [5.41, 5.74) is 1.08. The van der Waals surface area contributed by atoms with E-state index in [0.717, 1.165) is 64.2 Å². The minimum atomic E-state index is -3.93. The topological polar surface area (TPSA) is 104 Å². The Kier molecular flexibility index (Phi) is 8.34. The summed E-state index contributed by atoms with van der Waals surface area (Å²) in [5.74, 6) is -0.412. The van der Waals surface area contributed by atoms with Gasteiger partial charge in [-0.3, -0.25) is 14.3 Å². The predicted molar refractivity (Wildman–Crippen MR) is 139 cm³/mol. The Morgan fingerprint density at radius 2 is 1.23 bits per heavy atom. The number of hydrogen-bond donors (Lipinski definition) is 3. The summed E-state index contributed by atoms with van der Waals surface area (Å²) >= 11 is 5.90. The van der Waals surface area contributed by atoms with Crippen molar-refractivity contribution < 1.29 is 18.0 Å². The first-order valence-corrected chi connectivity index (χ1v) is 14.2. The molecule has 0 aromatic heterocycles. The fourth-order valence-corrected chi connectivity index (χ4v) is 6.04. The van der Waals surface area contributed by atoms with Crippen LogP contribution in [0.5, 0.6) is 0 Å². The Hall–Kier alpha value is -2.58. The first kappa shape index (κ1) is 25.5. The summed E-state index contributed by atoms with van der Waals surface area (Å²) in [4.78, 5) is 25.9. The Morgan fingerprint density at radius 3 is 1.77 bits per heavy atom. The zero-order chi connectivity index (χ0) is 24.8. The molecule has 0 saturated heterocycles. The Labute approximate surface area is 212 Å². The van der Waals surface area contributed by atoms with E-state index in [4.69, 9.17) is 11.6 Å². The van der Waals surface area contributed by atoms with Crippen LogP contribution in [-0.2, 0) is 19.6 Å². The molecule has 4 rings (SSSR count). The van der Waals surface area contributed by atoms with E-state index in [1.807, 2.05) is 0 Å². The molecule has 2 amide bonds. The van der Waals surface area contributed by atoms with Crippen molar-refractivity contribution in [3.8, 4) is 0 Å². The fourth-order valence-electron chi connectivity index (χ4n) is 4.83. The molecule has 2 aliphatic carbocycles. The molecule has 0 spiro atoms. The van der Waals surface area contributed by atoms with Gasteiger partial charge in [-0.05, 0) is 68.1 Å². The van der Waals surface area contributed by atoms with E-state index < -0.39 is 10.0 Å². The SMILES string of the molecule is O=C(Nc1ccc(S(=O)(=O)Nc2ccc(Cl)cc2)cc1NC(=O)C1CCCCC1)C1CCCCC1. The van der Waals surface area contributed by atoms with Crippen LogP contribution in [0.2, 0.25) is 5.02 Å². The second-order valence-electron chi connectivity index (χ2n) is 9.47. The number of sulfonamides is 1. The second kappa shape index (κ2) is 11.4. The number of anilines is 3. The van der Waals surface area contributed by atoms with Crippen molar-refractivity contribution in [2.24, 2.45) is 11.8 Å². The monoisotopic (exact) mass is 517 g/mol. The van der Waals surface area contributed by atoms with Crippen molar-refractivity contribution in [2.45, 2.75) is 69.1 Å². The quantitative estimate of drug-likeness (QED) is 0.408. The zero-order valence-electron chi connectivity index (χ0n) is 19.7. The standard InChI is InChI=1S/C26H32ClN3O4S/c27-20-11-13-21(14-12-20)30-35(33,34)22-15-16-23(28-25(31)18-7-3-1-4-8-18)24(17-22)29-26(32)19-9-5-2-6-10-19/h11-19,30H,1-10H2,(H,28,31)(H,29,32). The third-order valence-corrected chi connectivity index (χ3v) is 8.50. The fraction of sp³-hybridized carbons (Fsp3) is 0.462. The minimum Gasteiger partial charge on any atom is -0.324 e. The van der Waals surface area contributed by atoms with Crippen LogP contribution in [0.25, 0.3) is 0 Å². The van der Waals surface area contributed by atoms with Crippen LogP contribution in [0.1, 0.15) is 64.2 Å². The van der Waals surface area contributed by atoms with Gasteiger partial charge in [-0.1, -0.05) is 50.1 Å². The van der Waals surface area contributed by atoms with Gasteiger partial charge in [0.15, 0.2) is 0 Å². The maximum absolute atomic E-state index is 13.1. The molecule has 0 unspecified atom stereocenters. The molecule has 0 bridgehead atoms. The Balaban J connectivity index is 1.59. The summed E-state index contributed by atoms with van der Waals surface area (Å²) in [6, 6.07) is 10.7. The molecule has 0 heterocycles. The van der Waals surface area contributed by atoms with Crippen LogP contribution >= 0.6 is 11.6 Å². The molecular weight excluding hydrogens is 486 g/mol. The molecule has 0 radical (unpaired) electrons. The smallest absolute Gasteiger partial charge is 0.261 e. The lowest BCUT2D eigenvalue weighted by atomic mass is 9.88. The van der Waals surface area contributed by atoms with Crippen LogP contribution in [0.15, 0.2) is 47.4 Å². The number of nitrogens with one attached hydrogen (secondary N) is 3. The van der Waals surface area contributed by atoms with Crippen molar-refractivity contribution in [3.63, 3.8) is 0 Å². The third-order valence-electron chi connectivity index (χ3n) is 6.87. The molecular formula is C26H32ClN3O4S. The normalized spacial score (nSPS) is 17.5. The van der Waals surface area contributed by atoms with Gasteiger partial charge in [-0.2, -0.15) is 0 Å². The van der Waals surface area contributed by atoms with Crippen LogP contribution in [0.3, 0.4) is 0 Å². The largest absolute Gasteiger partial charge is 0.324 e. The van der Waals surface area contributed by atoms with Gasteiger partial charge in [0.2, 0.25) is 11.8 Å². The average Bonchev–Trinajstić information content (AvgIpc) is 2.87. The summed E-state index contributed by atoms with van der Waals surface area (Å²) in [6.45, 7) is 0. The van der Waals surface area contributed by atoms with E-state index >= 15 is 0 Å². The van der Waals surface area contributed by atoms with Crippen LogP contribution in [0, 0.1) is 11.8 Å². The van der Waals surface area contributed by atoms with Crippen LogP contribution < -0.4 is 15.4 Å². The van der Waals surface area contributed by atoms with Gasteiger partial charge >= 0.3 is 0 Å².